The van der Waals surface area contributed by atoms with E-state index in [1.165, 1.54) is 23.1 Å². The Bertz CT molecular complexity index is 2170. The van der Waals surface area contributed by atoms with Gasteiger partial charge < -0.3 is 20.7 Å². The molecule has 11 heteroatoms. The molecule has 0 spiro atoms. The van der Waals surface area contributed by atoms with E-state index >= 15 is 0 Å². The van der Waals surface area contributed by atoms with Crippen LogP contribution in [0.2, 0.25) is 0 Å². The Morgan fingerprint density at radius 1 is 0.846 bits per heavy atom. The van der Waals surface area contributed by atoms with Gasteiger partial charge in [-0.1, -0.05) is 82.7 Å². The van der Waals surface area contributed by atoms with Crippen molar-refractivity contribution < 1.29 is 19.1 Å². The van der Waals surface area contributed by atoms with Crippen LogP contribution >= 0.6 is 39.0 Å². The van der Waals surface area contributed by atoms with Gasteiger partial charge in [-0.15, -0.1) is 23.1 Å². The number of ether oxygens (including phenoxy) is 1. The maximum absolute atomic E-state index is 13.8. The number of carbonyl (C=O) groups is 3. The topological polar surface area (TPSA) is 109 Å². The fourth-order valence-corrected chi connectivity index (χ4v) is 7.14. The van der Waals surface area contributed by atoms with Crippen molar-refractivity contribution in [1.29, 1.82) is 0 Å². The minimum absolute atomic E-state index is 0.0730. The van der Waals surface area contributed by atoms with Crippen LogP contribution in [0.25, 0.3) is 17.3 Å². The number of nitrogens with one attached hydrogen (secondary N) is 3. The molecule has 0 aliphatic rings. The second-order valence-corrected chi connectivity index (χ2v) is 14.3. The Hall–Kier alpha value is -5.49. The number of aromatic nitrogens is 1. The van der Waals surface area contributed by atoms with Crippen molar-refractivity contribution in [2.75, 3.05) is 17.2 Å². The van der Waals surface area contributed by atoms with E-state index in [9.17, 15) is 14.4 Å². The van der Waals surface area contributed by atoms with Crippen LogP contribution in [-0.4, -0.2) is 29.3 Å². The van der Waals surface area contributed by atoms with Crippen LogP contribution in [0.4, 0.5) is 10.8 Å². The highest BCUT2D eigenvalue weighted by Gasteiger charge is 2.24. The highest BCUT2D eigenvalue weighted by molar-refractivity contribution is 9.10. The van der Waals surface area contributed by atoms with Crippen molar-refractivity contribution >= 4 is 73.6 Å². The molecule has 0 aliphatic heterocycles. The predicted octanol–water partition coefficient (Wildman–Crippen LogP) is 9.85. The van der Waals surface area contributed by atoms with Gasteiger partial charge in [-0.3, -0.25) is 14.4 Å². The first-order chi connectivity index (χ1) is 25.3. The molecule has 3 amide bonds. The Kier molecular flexibility index (Phi) is 12.3. The van der Waals surface area contributed by atoms with E-state index in [-0.39, 0.29) is 11.6 Å². The summed E-state index contributed by atoms with van der Waals surface area (Å²) >= 11 is 6.14. The fraction of sp³-hybridized carbons (Fsp3) is 0.0732. The maximum atomic E-state index is 13.8. The van der Waals surface area contributed by atoms with Gasteiger partial charge >= 0.3 is 0 Å². The van der Waals surface area contributed by atoms with Crippen molar-refractivity contribution in [1.82, 2.24) is 10.3 Å². The zero-order chi connectivity index (χ0) is 36.3. The molecule has 6 aromatic rings. The van der Waals surface area contributed by atoms with Gasteiger partial charge in [0.15, 0.2) is 5.13 Å². The first kappa shape index (κ1) is 36.3. The van der Waals surface area contributed by atoms with Gasteiger partial charge in [0.2, 0.25) is 5.91 Å². The zero-order valence-electron chi connectivity index (χ0n) is 27.9. The first-order valence-corrected chi connectivity index (χ1v) is 18.9. The van der Waals surface area contributed by atoms with Gasteiger partial charge in [0.25, 0.3) is 11.8 Å². The lowest BCUT2D eigenvalue weighted by Gasteiger charge is -2.17. The third-order valence-corrected chi connectivity index (χ3v) is 10.1. The summed E-state index contributed by atoms with van der Waals surface area (Å²) in [4.78, 5) is 46.0. The summed E-state index contributed by atoms with van der Waals surface area (Å²) in [5, 5.41) is 10.5. The van der Waals surface area contributed by atoms with Gasteiger partial charge in [-0.2, -0.15) is 0 Å². The summed E-state index contributed by atoms with van der Waals surface area (Å²) in [7, 11) is 0. The molecule has 1 unspecified atom stereocenters. The molecule has 1 atom stereocenters. The molecule has 0 bridgehead atoms. The third kappa shape index (κ3) is 9.85. The van der Waals surface area contributed by atoms with Crippen molar-refractivity contribution in [3.05, 3.63) is 166 Å². The molecule has 260 valence electrons. The Morgan fingerprint density at radius 3 is 2.27 bits per heavy atom. The molecule has 3 N–H and O–H groups in total. The number of hydrogen-bond donors (Lipinski definition) is 3. The number of carbonyl (C=O) groups excluding carboxylic acids is 3. The second kappa shape index (κ2) is 17.6. The average molecular weight is 790 g/mol. The summed E-state index contributed by atoms with van der Waals surface area (Å²) in [6, 6.07) is 40.5. The third-order valence-electron chi connectivity index (χ3n) is 7.59. The number of amides is 3. The van der Waals surface area contributed by atoms with Crippen LogP contribution in [0.1, 0.15) is 33.7 Å². The van der Waals surface area contributed by atoms with Gasteiger partial charge in [-0.25, -0.2) is 4.98 Å². The summed E-state index contributed by atoms with van der Waals surface area (Å²) in [5.41, 5.74) is 4.21. The molecule has 0 radical (unpaired) electrons. The van der Waals surface area contributed by atoms with E-state index in [2.05, 4.69) is 36.9 Å². The Labute approximate surface area is 318 Å². The molecule has 5 aromatic carbocycles. The monoisotopic (exact) mass is 788 g/mol. The quantitative estimate of drug-likeness (QED) is 0.0795. The van der Waals surface area contributed by atoms with Crippen molar-refractivity contribution in [3.63, 3.8) is 0 Å². The zero-order valence-corrected chi connectivity index (χ0v) is 31.1. The average Bonchev–Trinajstić information content (AvgIpc) is 3.64. The van der Waals surface area contributed by atoms with Gasteiger partial charge in [0.1, 0.15) is 16.7 Å². The highest BCUT2D eigenvalue weighted by Crippen LogP contribution is 2.38. The molecule has 6 rings (SSSR count). The lowest BCUT2D eigenvalue weighted by atomic mass is 10.1. The van der Waals surface area contributed by atoms with Crippen LogP contribution in [0, 0.1) is 0 Å². The number of nitrogens with zero attached hydrogens (tertiary/aromatic N) is 1. The van der Waals surface area contributed by atoms with Gasteiger partial charge in [0, 0.05) is 31.6 Å². The molecule has 0 saturated carbocycles. The van der Waals surface area contributed by atoms with E-state index in [4.69, 9.17) is 4.74 Å². The number of rotatable bonds is 13. The number of thiazole rings is 1. The van der Waals surface area contributed by atoms with Gasteiger partial charge in [-0.05, 0) is 90.9 Å². The number of anilines is 2. The molecule has 0 aliphatic carbocycles. The van der Waals surface area contributed by atoms with E-state index in [0.29, 0.717) is 23.0 Å². The van der Waals surface area contributed by atoms with E-state index in [0.717, 1.165) is 37.5 Å². The smallest absolute Gasteiger partial charge is 0.272 e. The van der Waals surface area contributed by atoms with Crippen molar-refractivity contribution in [3.8, 4) is 17.0 Å². The predicted molar refractivity (Wildman–Crippen MR) is 213 cm³/mol. The number of benzene rings is 5. The summed E-state index contributed by atoms with van der Waals surface area (Å²) in [6.07, 6.45) is 1.62. The maximum Gasteiger partial charge on any atom is 0.272 e. The molecule has 52 heavy (non-hydrogen) atoms. The van der Waals surface area contributed by atoms with Gasteiger partial charge in [0.05, 0.1) is 12.3 Å². The van der Waals surface area contributed by atoms with Crippen molar-refractivity contribution in [2.24, 2.45) is 0 Å². The molecule has 0 fully saturated rings. The molecular weight excluding hydrogens is 757 g/mol. The van der Waals surface area contributed by atoms with Crippen LogP contribution in [0.5, 0.6) is 5.75 Å². The second-order valence-electron chi connectivity index (χ2n) is 11.3. The summed E-state index contributed by atoms with van der Waals surface area (Å²) in [5.74, 6) is -0.360. The molecule has 0 saturated heterocycles. The standard InChI is InChI=1S/C41H33BrN4O4S2/c1-2-50-33-22-18-28(19-23-33)36-26-51-41(45-36)46-40(49)37(29-10-5-3-6-11-29)52-34-15-9-14-32(25-34)43-39(48)35(24-27-16-20-31(42)21-17-27)44-38(47)30-12-7-4-8-13-30/h3-26,37H,2H2,1H3,(H,43,48)(H,44,47)(H,45,46,49)/b35-24-. The minimum atomic E-state index is -0.622. The normalized spacial score (nSPS) is 11.7. The van der Waals surface area contributed by atoms with Crippen molar-refractivity contribution in [2.45, 2.75) is 17.1 Å². The van der Waals surface area contributed by atoms with Crippen LogP contribution < -0.4 is 20.7 Å². The lowest BCUT2D eigenvalue weighted by molar-refractivity contribution is -0.116. The van der Waals surface area contributed by atoms with Crippen LogP contribution in [0.3, 0.4) is 0 Å². The highest BCUT2D eigenvalue weighted by atomic mass is 79.9. The number of halogens is 1. The van der Waals surface area contributed by atoms with E-state index in [1.807, 2.05) is 109 Å². The molecule has 1 aromatic heterocycles. The van der Waals surface area contributed by atoms with Crippen LogP contribution in [-0.2, 0) is 9.59 Å². The summed E-state index contributed by atoms with van der Waals surface area (Å²) in [6.45, 7) is 2.53. The summed E-state index contributed by atoms with van der Waals surface area (Å²) < 4.78 is 6.44. The lowest BCUT2D eigenvalue weighted by Crippen LogP contribution is -2.30. The first-order valence-electron chi connectivity index (χ1n) is 16.3. The van der Waals surface area contributed by atoms with E-state index in [1.54, 1.807) is 42.5 Å². The molecule has 8 nitrogen and oxygen atoms in total. The minimum Gasteiger partial charge on any atom is -0.494 e. The molecule has 1 heterocycles. The largest absolute Gasteiger partial charge is 0.494 e. The number of thioether (sulfide) groups is 1. The Balaban J connectivity index is 1.19. The SMILES string of the molecule is CCOc1ccc(-c2csc(NC(=O)C(Sc3cccc(NC(=O)/C(=C/c4ccc(Br)cc4)NC(=O)c4ccccc4)c3)c3ccccc3)n2)cc1. The van der Waals surface area contributed by atoms with E-state index < -0.39 is 17.1 Å². The Morgan fingerprint density at radius 2 is 1.56 bits per heavy atom. The van der Waals surface area contributed by atoms with Crippen LogP contribution in [0.15, 0.2) is 154 Å². The fourth-order valence-electron chi connectivity index (χ4n) is 5.07. The number of hydrogen-bond acceptors (Lipinski definition) is 7. The molecular formula is C41H33BrN4O4S2.